The third-order valence-electron chi connectivity index (χ3n) is 1.05. The Morgan fingerprint density at radius 3 is 2.40 bits per heavy atom. The Labute approximate surface area is 61.9 Å². The van der Waals surface area contributed by atoms with E-state index in [2.05, 4.69) is 11.6 Å². The van der Waals surface area contributed by atoms with Crippen LogP contribution < -0.4 is 11.5 Å². The van der Waals surface area contributed by atoms with Crippen LogP contribution in [0.25, 0.3) is 0 Å². The average molecular weight is 137 g/mol. The third kappa shape index (κ3) is 2.39. The summed E-state index contributed by atoms with van der Waals surface area (Å²) in [5, 5.41) is 0. The number of aliphatic imine (C=N–C) groups is 1. The van der Waals surface area contributed by atoms with E-state index < -0.39 is 0 Å². The molecule has 4 N–H and O–H groups in total. The zero-order chi connectivity index (χ0) is 8.15. The van der Waals surface area contributed by atoms with E-state index >= 15 is 0 Å². The maximum absolute atomic E-state index is 5.52. The highest BCUT2D eigenvalue weighted by molar-refractivity contribution is 6.24. The molecule has 0 heterocycles. The summed E-state index contributed by atoms with van der Waals surface area (Å²) in [6.07, 6.45) is 1.37. The van der Waals surface area contributed by atoms with Crippen molar-refractivity contribution in [1.29, 1.82) is 0 Å². The van der Waals surface area contributed by atoms with Crippen molar-refractivity contribution in [1.82, 2.24) is 0 Å². The molecule has 0 aromatic heterocycles. The van der Waals surface area contributed by atoms with E-state index in [1.54, 1.807) is 0 Å². The number of allylic oxidation sites excluding steroid dienone is 1. The minimum absolute atomic E-state index is 0.329. The predicted octanol–water partition coefficient (Wildman–Crippen LogP) is -0.690. The summed E-state index contributed by atoms with van der Waals surface area (Å²) < 4.78 is 0. The summed E-state index contributed by atoms with van der Waals surface area (Å²) in [6, 6.07) is 0. The van der Waals surface area contributed by atoms with Crippen LogP contribution in [0.1, 0.15) is 6.92 Å². The molecule has 0 aliphatic rings. The number of hydrogen-bond acceptors (Lipinski definition) is 2. The molecule has 0 saturated carbocycles. The molecule has 0 rings (SSSR count). The highest BCUT2D eigenvalue weighted by Crippen LogP contribution is 1.91. The first kappa shape index (κ1) is 8.81. The van der Waals surface area contributed by atoms with E-state index in [9.17, 15) is 0 Å². The van der Waals surface area contributed by atoms with E-state index in [0.717, 1.165) is 5.47 Å². The molecule has 0 aromatic carbocycles. The molecule has 0 radical (unpaired) electrons. The molecule has 0 bridgehead atoms. The first-order valence-corrected chi connectivity index (χ1v) is 2.97. The van der Waals surface area contributed by atoms with Crippen LogP contribution in [0.5, 0.6) is 0 Å². The second kappa shape index (κ2) is 3.77. The summed E-state index contributed by atoms with van der Waals surface area (Å²) >= 11 is 0. The van der Waals surface area contributed by atoms with Crippen molar-refractivity contribution in [2.24, 2.45) is 16.5 Å². The van der Waals surface area contributed by atoms with Gasteiger partial charge in [0.25, 0.3) is 0 Å². The standard InChI is InChI=1S/C6H12BN3/c1-3-10-6(9)5(8)4(2)7/h3H,1,7-8H2,2H3,(H2,9,10)/b5-4-. The van der Waals surface area contributed by atoms with Gasteiger partial charge < -0.3 is 11.5 Å². The lowest BCUT2D eigenvalue weighted by atomic mass is 9.95. The first-order chi connectivity index (χ1) is 4.59. The van der Waals surface area contributed by atoms with Crippen LogP contribution >= 0.6 is 0 Å². The van der Waals surface area contributed by atoms with Crippen molar-refractivity contribution >= 4 is 13.7 Å². The largest absolute Gasteiger partial charge is 0.396 e. The van der Waals surface area contributed by atoms with Crippen molar-refractivity contribution in [2.45, 2.75) is 6.92 Å². The van der Waals surface area contributed by atoms with Crippen molar-refractivity contribution in [2.75, 3.05) is 0 Å². The molecule has 0 spiro atoms. The summed E-state index contributed by atoms with van der Waals surface area (Å²) in [5.74, 6) is 0.329. The van der Waals surface area contributed by atoms with E-state index in [4.69, 9.17) is 11.5 Å². The lowest BCUT2D eigenvalue weighted by Gasteiger charge is -2.00. The van der Waals surface area contributed by atoms with Gasteiger partial charge in [-0.2, -0.15) is 0 Å². The average Bonchev–Trinajstić information content (AvgIpc) is 1.87. The second-order valence-corrected chi connectivity index (χ2v) is 2.11. The van der Waals surface area contributed by atoms with Crippen LogP contribution in [0.2, 0.25) is 0 Å². The quantitative estimate of drug-likeness (QED) is 0.300. The highest BCUT2D eigenvalue weighted by Gasteiger charge is 1.95. The summed E-state index contributed by atoms with van der Waals surface area (Å²) in [5.41, 5.74) is 12.4. The molecule has 0 unspecified atom stereocenters. The van der Waals surface area contributed by atoms with E-state index in [0.29, 0.717) is 11.5 Å². The van der Waals surface area contributed by atoms with Crippen molar-refractivity contribution < 1.29 is 0 Å². The van der Waals surface area contributed by atoms with Gasteiger partial charge >= 0.3 is 0 Å². The molecule has 0 aliphatic heterocycles. The summed E-state index contributed by atoms with van der Waals surface area (Å²) in [4.78, 5) is 3.72. The van der Waals surface area contributed by atoms with Crippen molar-refractivity contribution in [3.8, 4) is 0 Å². The maximum Gasteiger partial charge on any atom is 0.145 e. The van der Waals surface area contributed by atoms with E-state index in [-0.39, 0.29) is 0 Å². The Morgan fingerprint density at radius 1 is 1.60 bits per heavy atom. The zero-order valence-corrected chi connectivity index (χ0v) is 6.39. The molecule has 0 amide bonds. The molecule has 0 atom stereocenters. The van der Waals surface area contributed by atoms with Gasteiger partial charge in [-0.25, -0.2) is 4.99 Å². The van der Waals surface area contributed by atoms with Gasteiger partial charge in [0.1, 0.15) is 13.7 Å². The number of nitrogens with zero attached hydrogens (tertiary/aromatic N) is 1. The number of hydrogen-bond donors (Lipinski definition) is 2. The summed E-state index contributed by atoms with van der Waals surface area (Å²) in [7, 11) is 1.88. The lowest BCUT2D eigenvalue weighted by molar-refractivity contribution is 1.35. The van der Waals surface area contributed by atoms with Crippen molar-refractivity contribution in [3.63, 3.8) is 0 Å². The first-order valence-electron chi connectivity index (χ1n) is 2.97. The molecule has 54 valence electrons. The predicted molar refractivity (Wildman–Crippen MR) is 47.3 cm³/mol. The fraction of sp³-hybridized carbons (Fsp3) is 0.167. The Kier molecular flexibility index (Phi) is 3.32. The van der Waals surface area contributed by atoms with Crippen LogP contribution in [0.4, 0.5) is 0 Å². The molecule has 0 aromatic rings. The van der Waals surface area contributed by atoms with Gasteiger partial charge in [0, 0.05) is 6.20 Å². The molecular formula is C6H12BN3. The Balaban J connectivity index is 4.51. The fourth-order valence-corrected chi connectivity index (χ4v) is 0.424. The molecular weight excluding hydrogens is 125 g/mol. The van der Waals surface area contributed by atoms with Gasteiger partial charge in [-0.1, -0.05) is 19.0 Å². The van der Waals surface area contributed by atoms with Crippen LogP contribution in [0.15, 0.2) is 28.9 Å². The molecule has 0 fully saturated rings. The van der Waals surface area contributed by atoms with Crippen LogP contribution in [0.3, 0.4) is 0 Å². The monoisotopic (exact) mass is 137 g/mol. The van der Waals surface area contributed by atoms with Gasteiger partial charge in [-0.05, 0) is 0 Å². The molecule has 4 heteroatoms. The topological polar surface area (TPSA) is 64.4 Å². The van der Waals surface area contributed by atoms with Gasteiger partial charge in [-0.15, -0.1) is 0 Å². The maximum atomic E-state index is 5.52. The van der Waals surface area contributed by atoms with Gasteiger partial charge in [0.05, 0.1) is 5.70 Å². The third-order valence-corrected chi connectivity index (χ3v) is 1.05. The normalized spacial score (nSPS) is 14.3. The summed E-state index contributed by atoms with van der Waals surface area (Å²) in [6.45, 7) is 5.27. The number of rotatable bonds is 2. The molecule has 10 heavy (non-hydrogen) atoms. The molecule has 0 saturated heterocycles. The van der Waals surface area contributed by atoms with Crippen molar-refractivity contribution in [3.05, 3.63) is 23.9 Å². The Bertz CT molecular complexity index is 189. The van der Waals surface area contributed by atoms with Gasteiger partial charge in [-0.3, -0.25) is 0 Å². The number of amidine groups is 1. The minimum atomic E-state index is 0.329. The molecule has 0 aliphatic carbocycles. The number of nitrogens with two attached hydrogens (primary N) is 2. The Morgan fingerprint density at radius 2 is 2.10 bits per heavy atom. The van der Waals surface area contributed by atoms with Crippen LogP contribution in [-0.4, -0.2) is 13.7 Å². The SMILES string of the molecule is B/C(C)=C(N)/C(N)=N\C=C. The van der Waals surface area contributed by atoms with Crippen LogP contribution in [0, 0.1) is 0 Å². The van der Waals surface area contributed by atoms with Gasteiger partial charge in [0.2, 0.25) is 0 Å². The minimum Gasteiger partial charge on any atom is -0.396 e. The van der Waals surface area contributed by atoms with Crippen LogP contribution in [-0.2, 0) is 0 Å². The fourth-order valence-electron chi connectivity index (χ4n) is 0.424. The Hall–Kier alpha value is -1.19. The zero-order valence-electron chi connectivity index (χ0n) is 6.39. The van der Waals surface area contributed by atoms with Gasteiger partial charge in [0.15, 0.2) is 0 Å². The van der Waals surface area contributed by atoms with E-state index in [1.807, 2.05) is 14.8 Å². The highest BCUT2D eigenvalue weighted by atomic mass is 14.9. The lowest BCUT2D eigenvalue weighted by Crippen LogP contribution is -2.22. The smallest absolute Gasteiger partial charge is 0.145 e. The second-order valence-electron chi connectivity index (χ2n) is 2.11. The molecule has 3 nitrogen and oxygen atoms in total. The van der Waals surface area contributed by atoms with E-state index in [1.165, 1.54) is 6.20 Å².